The second-order valence-corrected chi connectivity index (χ2v) is 14.0. The largest absolute Gasteiger partial charge is 0.490 e. The summed E-state index contributed by atoms with van der Waals surface area (Å²) >= 11 is 0. The van der Waals surface area contributed by atoms with Gasteiger partial charge in [0.25, 0.3) is 0 Å². The average molecular weight is 553 g/mol. The first-order chi connectivity index (χ1) is 16.7. The number of sulfone groups is 2. The van der Waals surface area contributed by atoms with E-state index < -0.39 is 69.9 Å². The Balaban J connectivity index is 1.87. The van der Waals surface area contributed by atoms with Gasteiger partial charge in [-0.15, -0.1) is 0 Å². The summed E-state index contributed by atoms with van der Waals surface area (Å²) in [6.07, 6.45) is -2.28. The number of benzene rings is 2. The van der Waals surface area contributed by atoms with Gasteiger partial charge in [-0.2, -0.15) is 13.2 Å². The van der Waals surface area contributed by atoms with Crippen LogP contribution in [0.5, 0.6) is 5.75 Å². The molecule has 1 aliphatic heterocycles. The first-order valence-corrected chi connectivity index (χ1v) is 14.9. The molecule has 198 valence electrons. The lowest BCUT2D eigenvalue weighted by molar-refractivity contribution is -0.137. The molecule has 0 saturated heterocycles. The number of alkyl halides is 3. The summed E-state index contributed by atoms with van der Waals surface area (Å²) in [7, 11) is -7.83. The van der Waals surface area contributed by atoms with Gasteiger partial charge >= 0.3 is 6.18 Å². The van der Waals surface area contributed by atoms with Gasteiger partial charge in [0, 0.05) is 17.9 Å². The van der Waals surface area contributed by atoms with E-state index in [0.29, 0.717) is 31.4 Å². The van der Waals surface area contributed by atoms with Gasteiger partial charge in [0.05, 0.1) is 22.6 Å². The minimum absolute atomic E-state index is 0.0830. The number of ether oxygens (including phenoxy) is 1. The highest BCUT2D eigenvalue weighted by atomic mass is 32.2. The van der Waals surface area contributed by atoms with Crippen LogP contribution in [0.1, 0.15) is 43.2 Å². The molecule has 12 heteroatoms. The zero-order valence-corrected chi connectivity index (χ0v) is 20.9. The van der Waals surface area contributed by atoms with Gasteiger partial charge in [0.1, 0.15) is 20.4 Å². The van der Waals surface area contributed by atoms with Crippen molar-refractivity contribution < 1.29 is 43.5 Å². The first kappa shape index (κ1) is 26.8. The number of halogens is 5. The lowest BCUT2D eigenvalue weighted by Gasteiger charge is -2.50. The van der Waals surface area contributed by atoms with Crippen molar-refractivity contribution in [1.82, 2.24) is 0 Å². The maximum Gasteiger partial charge on any atom is 0.416 e. The van der Waals surface area contributed by atoms with Crippen molar-refractivity contribution in [3.8, 4) is 5.75 Å². The third-order valence-electron chi connectivity index (χ3n) is 7.24. The molecule has 2 aromatic rings. The zero-order valence-electron chi connectivity index (χ0n) is 19.3. The van der Waals surface area contributed by atoms with Gasteiger partial charge in [-0.25, -0.2) is 25.6 Å². The van der Waals surface area contributed by atoms with Crippen molar-refractivity contribution in [2.45, 2.75) is 47.9 Å². The molecule has 0 unspecified atom stereocenters. The Hall–Kier alpha value is -2.21. The average Bonchev–Trinajstić information content (AvgIpc) is 2.79. The second-order valence-electron chi connectivity index (χ2n) is 9.49. The third kappa shape index (κ3) is 4.62. The maximum absolute atomic E-state index is 15.3. The summed E-state index contributed by atoms with van der Waals surface area (Å²) in [5, 5.41) is 0. The monoisotopic (exact) mass is 552 g/mol. The molecule has 36 heavy (non-hydrogen) atoms. The van der Waals surface area contributed by atoms with Crippen LogP contribution in [-0.4, -0.2) is 35.5 Å². The van der Waals surface area contributed by atoms with E-state index >= 15 is 4.39 Å². The minimum atomic E-state index is -4.68. The van der Waals surface area contributed by atoms with Crippen LogP contribution in [0.25, 0.3) is 0 Å². The van der Waals surface area contributed by atoms with E-state index in [1.54, 1.807) is 0 Å². The first-order valence-electron chi connectivity index (χ1n) is 11.4. The maximum atomic E-state index is 15.3. The van der Waals surface area contributed by atoms with Crippen LogP contribution in [0.4, 0.5) is 22.0 Å². The number of rotatable bonds is 6. The summed E-state index contributed by atoms with van der Waals surface area (Å²) < 4.78 is 124. The molecule has 3 atom stereocenters. The third-order valence-corrected chi connectivity index (χ3v) is 10.8. The Morgan fingerprint density at radius 3 is 2.25 bits per heavy atom. The van der Waals surface area contributed by atoms with Crippen molar-refractivity contribution >= 4 is 19.7 Å². The molecular formula is C24H25F5O5S2. The number of hydrogen-bond donors (Lipinski definition) is 0. The topological polar surface area (TPSA) is 77.5 Å². The summed E-state index contributed by atoms with van der Waals surface area (Å²) in [6.45, 7) is -0.253. The Labute approximate surface area is 206 Å². The molecule has 2 aromatic carbocycles. The molecule has 0 radical (unpaired) electrons. The summed E-state index contributed by atoms with van der Waals surface area (Å²) in [4.78, 5) is -0.436. The van der Waals surface area contributed by atoms with Crippen molar-refractivity contribution in [2.75, 3.05) is 18.6 Å². The van der Waals surface area contributed by atoms with Crippen LogP contribution in [0.3, 0.4) is 0 Å². The van der Waals surface area contributed by atoms with E-state index in [9.17, 15) is 34.4 Å². The molecule has 0 spiro atoms. The molecule has 0 amide bonds. The number of hydrogen-bond acceptors (Lipinski definition) is 5. The fourth-order valence-electron chi connectivity index (χ4n) is 5.67. The van der Waals surface area contributed by atoms with E-state index in [-0.39, 0.29) is 31.1 Å². The smallest absolute Gasteiger partial charge is 0.416 e. The Kier molecular flexibility index (Phi) is 6.91. The molecular weight excluding hydrogens is 527 g/mol. The Morgan fingerprint density at radius 1 is 1.00 bits per heavy atom. The molecule has 1 saturated carbocycles. The summed E-state index contributed by atoms with van der Waals surface area (Å²) in [5.74, 6) is -3.80. The van der Waals surface area contributed by atoms with Gasteiger partial charge in [-0.1, -0.05) is 6.42 Å². The fraction of sp³-hybridized carbons (Fsp3) is 0.500. The normalized spacial score (nSPS) is 24.5. The lowest BCUT2D eigenvalue weighted by Crippen LogP contribution is -2.54. The molecule has 4 rings (SSSR count). The van der Waals surface area contributed by atoms with Gasteiger partial charge < -0.3 is 4.74 Å². The zero-order chi connectivity index (χ0) is 26.5. The van der Waals surface area contributed by atoms with Gasteiger partial charge in [-0.3, -0.25) is 0 Å². The highest BCUT2D eigenvalue weighted by Crippen LogP contribution is 2.58. The van der Waals surface area contributed by atoms with E-state index in [4.69, 9.17) is 4.74 Å². The summed E-state index contributed by atoms with van der Waals surface area (Å²) in [5.41, 5.74) is -1.49. The van der Waals surface area contributed by atoms with E-state index in [1.807, 2.05) is 0 Å². The van der Waals surface area contributed by atoms with Gasteiger partial charge in [-0.05, 0) is 68.0 Å². The Morgan fingerprint density at radius 2 is 1.64 bits per heavy atom. The Bertz CT molecular complexity index is 1350. The minimum Gasteiger partial charge on any atom is -0.490 e. The van der Waals surface area contributed by atoms with E-state index in [1.165, 1.54) is 0 Å². The molecule has 0 bridgehead atoms. The van der Waals surface area contributed by atoms with Gasteiger partial charge in [0.15, 0.2) is 21.4 Å². The number of fused-ring (bicyclic) bond motifs is 3. The summed E-state index contributed by atoms with van der Waals surface area (Å²) in [6, 6.07) is 4.62. The van der Waals surface area contributed by atoms with E-state index in [0.717, 1.165) is 30.5 Å². The fourth-order valence-corrected chi connectivity index (χ4v) is 8.81. The van der Waals surface area contributed by atoms with Crippen LogP contribution >= 0.6 is 0 Å². The van der Waals surface area contributed by atoms with Crippen LogP contribution in [0.2, 0.25) is 0 Å². The van der Waals surface area contributed by atoms with Crippen LogP contribution in [0, 0.1) is 23.5 Å². The lowest BCUT2D eigenvalue weighted by atomic mass is 9.66. The van der Waals surface area contributed by atoms with E-state index in [2.05, 4.69) is 0 Å². The highest BCUT2D eigenvalue weighted by molar-refractivity contribution is 7.92. The predicted molar refractivity (Wildman–Crippen MR) is 122 cm³/mol. The standard InChI is InChI=1S/C24H25F5O5S2/c1-35(30,31)13-3-5-15-4-2-12-23(18(15)14-34-22-20(26)11-10-19(25)21(22)23)36(32,33)17-8-6-16(7-9-17)24(27,28)29/h6-11,15,18H,2-5,12-14H2,1H3/t15-,18-,23-/m1/s1. The van der Waals surface area contributed by atoms with Crippen LogP contribution in [-0.2, 0) is 30.6 Å². The van der Waals surface area contributed by atoms with Crippen molar-refractivity contribution in [3.05, 3.63) is 59.2 Å². The van der Waals surface area contributed by atoms with Gasteiger partial charge in [0.2, 0.25) is 0 Å². The highest BCUT2D eigenvalue weighted by Gasteiger charge is 2.60. The van der Waals surface area contributed by atoms with Crippen molar-refractivity contribution in [2.24, 2.45) is 11.8 Å². The predicted octanol–water partition coefficient (Wildman–Crippen LogP) is 5.29. The SMILES string of the molecule is CS(=O)(=O)CCC[C@H]1CCC[C@]2(S(=O)(=O)c3ccc(C(F)(F)F)cc3)c3c(F)ccc(F)c3OC[C@H]12. The second kappa shape index (κ2) is 9.27. The molecule has 0 N–H and O–H groups in total. The van der Waals surface area contributed by atoms with Crippen molar-refractivity contribution in [1.29, 1.82) is 0 Å². The van der Waals surface area contributed by atoms with Crippen LogP contribution < -0.4 is 4.74 Å². The quantitative estimate of drug-likeness (QED) is 0.456. The van der Waals surface area contributed by atoms with Crippen molar-refractivity contribution in [3.63, 3.8) is 0 Å². The molecule has 1 heterocycles. The molecule has 5 nitrogen and oxygen atoms in total. The van der Waals surface area contributed by atoms with Crippen LogP contribution in [0.15, 0.2) is 41.3 Å². The molecule has 0 aromatic heterocycles. The molecule has 1 fully saturated rings. The molecule has 1 aliphatic carbocycles. The molecule has 2 aliphatic rings.